The van der Waals surface area contributed by atoms with E-state index in [2.05, 4.69) is 10.6 Å². The molecule has 7 nitrogen and oxygen atoms in total. The van der Waals surface area contributed by atoms with Gasteiger partial charge in [-0.1, -0.05) is 0 Å². The van der Waals surface area contributed by atoms with E-state index in [1.165, 1.54) is 18.2 Å². The van der Waals surface area contributed by atoms with Gasteiger partial charge in [-0.15, -0.1) is 0 Å². The second kappa shape index (κ2) is 7.72. The quantitative estimate of drug-likeness (QED) is 0.587. The first-order chi connectivity index (χ1) is 9.85. The Morgan fingerprint density at radius 1 is 1.48 bits per heavy atom. The Balaban J connectivity index is 2.81. The molecule has 116 valence electrons. The van der Waals surface area contributed by atoms with Crippen LogP contribution in [0.2, 0.25) is 0 Å². The first kappa shape index (κ1) is 17.1. The summed E-state index contributed by atoms with van der Waals surface area (Å²) in [5.74, 6) is 0.121. The average Bonchev–Trinajstić information content (AvgIpc) is 2.44. The number of nitrogens with one attached hydrogen (secondary N) is 2. The van der Waals surface area contributed by atoms with Gasteiger partial charge in [0.05, 0.1) is 4.92 Å². The van der Waals surface area contributed by atoms with Crippen LogP contribution in [0.3, 0.4) is 0 Å². The van der Waals surface area contributed by atoms with Crippen molar-refractivity contribution in [3.8, 4) is 0 Å². The average molecular weight is 313 g/mol. The Hall–Kier alpha value is -1.96. The van der Waals surface area contributed by atoms with Gasteiger partial charge >= 0.3 is 0 Å². The van der Waals surface area contributed by atoms with Gasteiger partial charge in [-0.2, -0.15) is 0 Å². The minimum absolute atomic E-state index is 0.146. The van der Waals surface area contributed by atoms with Crippen LogP contribution in [-0.2, 0) is 10.8 Å². The van der Waals surface area contributed by atoms with Crippen molar-refractivity contribution >= 4 is 28.1 Å². The Bertz CT molecular complexity index is 562. The number of nitro groups is 1. The summed E-state index contributed by atoms with van der Waals surface area (Å²) >= 11 is 0. The maximum absolute atomic E-state index is 12.0. The Morgan fingerprint density at radius 3 is 2.67 bits per heavy atom. The largest absolute Gasteiger partial charge is 0.383 e. The Kier molecular flexibility index (Phi) is 6.29. The number of hydrogen-bond acceptors (Lipinski definition) is 5. The van der Waals surface area contributed by atoms with E-state index in [0.717, 1.165) is 0 Å². The highest BCUT2D eigenvalue weighted by molar-refractivity contribution is 7.84. The third-order valence-corrected chi connectivity index (χ3v) is 3.75. The van der Waals surface area contributed by atoms with Crippen LogP contribution in [0.25, 0.3) is 0 Å². The summed E-state index contributed by atoms with van der Waals surface area (Å²) in [6.07, 6.45) is 2.19. The summed E-state index contributed by atoms with van der Waals surface area (Å²) in [6.45, 7) is 1.81. The second-order valence-corrected chi connectivity index (χ2v) is 6.23. The normalized spacial score (nSPS) is 13.3. The minimum atomic E-state index is -0.909. The number of nitro benzene ring substituents is 1. The van der Waals surface area contributed by atoms with Crippen LogP contribution in [0.15, 0.2) is 18.2 Å². The molecular weight excluding hydrogens is 294 g/mol. The lowest BCUT2D eigenvalue weighted by molar-refractivity contribution is -0.384. The minimum Gasteiger partial charge on any atom is -0.383 e. The molecule has 0 fully saturated rings. The molecule has 0 aliphatic heterocycles. The number of amides is 1. The highest BCUT2D eigenvalue weighted by Gasteiger charge is 2.17. The summed E-state index contributed by atoms with van der Waals surface area (Å²) < 4.78 is 11.0. The SMILES string of the molecule is CNc1ccc(C(=O)NC(C)CCS(C)=O)cc1[N+](=O)[O-]. The van der Waals surface area contributed by atoms with E-state index in [1.54, 1.807) is 20.2 Å². The lowest BCUT2D eigenvalue weighted by atomic mass is 10.1. The van der Waals surface area contributed by atoms with Crippen molar-refractivity contribution in [3.63, 3.8) is 0 Å². The first-order valence-electron chi connectivity index (χ1n) is 6.42. The van der Waals surface area contributed by atoms with E-state index in [-0.39, 0.29) is 23.2 Å². The molecule has 0 radical (unpaired) electrons. The molecule has 1 rings (SSSR count). The van der Waals surface area contributed by atoms with Crippen LogP contribution in [0, 0.1) is 10.1 Å². The molecule has 0 heterocycles. The van der Waals surface area contributed by atoms with Crippen LogP contribution < -0.4 is 10.6 Å². The summed E-state index contributed by atoms with van der Waals surface area (Å²) in [5.41, 5.74) is 0.434. The molecule has 1 amide bonds. The molecular formula is C13H19N3O4S. The molecule has 0 bridgehead atoms. The predicted octanol–water partition coefficient (Wildman–Crippen LogP) is 1.52. The molecule has 0 aliphatic rings. The number of rotatable bonds is 7. The lowest BCUT2D eigenvalue weighted by Gasteiger charge is -2.13. The summed E-state index contributed by atoms with van der Waals surface area (Å²) in [4.78, 5) is 22.5. The molecule has 0 spiro atoms. The van der Waals surface area contributed by atoms with Crippen molar-refractivity contribution in [3.05, 3.63) is 33.9 Å². The molecule has 2 atom stereocenters. The molecule has 0 saturated heterocycles. The molecule has 1 aromatic rings. The van der Waals surface area contributed by atoms with Crippen molar-refractivity contribution in [1.82, 2.24) is 5.32 Å². The molecule has 2 unspecified atom stereocenters. The van der Waals surface area contributed by atoms with E-state index in [4.69, 9.17) is 0 Å². The Labute approximate surface area is 125 Å². The molecule has 2 N–H and O–H groups in total. The fourth-order valence-electron chi connectivity index (χ4n) is 1.76. The number of nitrogens with zero attached hydrogens (tertiary/aromatic N) is 1. The van der Waals surface area contributed by atoms with Gasteiger partial charge < -0.3 is 10.6 Å². The molecule has 21 heavy (non-hydrogen) atoms. The van der Waals surface area contributed by atoms with Crippen molar-refractivity contribution < 1.29 is 13.9 Å². The fraction of sp³-hybridized carbons (Fsp3) is 0.462. The molecule has 0 aliphatic carbocycles. The number of carbonyl (C=O) groups excluding carboxylic acids is 1. The van der Waals surface area contributed by atoms with Crippen molar-refractivity contribution in [2.45, 2.75) is 19.4 Å². The molecule has 0 aromatic heterocycles. The van der Waals surface area contributed by atoms with Gasteiger partial charge in [-0.25, -0.2) is 0 Å². The standard InChI is InChI=1S/C13H19N3O4S/c1-9(6-7-21(3)20)15-13(17)10-4-5-11(14-2)12(8-10)16(18)19/h4-5,8-9,14H,6-7H2,1-3H3,(H,15,17). The number of hydrogen-bond donors (Lipinski definition) is 2. The van der Waals surface area contributed by atoms with Gasteiger partial charge in [-0.05, 0) is 25.5 Å². The van der Waals surface area contributed by atoms with Crippen LogP contribution in [0.5, 0.6) is 0 Å². The van der Waals surface area contributed by atoms with Gasteiger partial charge in [0.1, 0.15) is 5.69 Å². The highest BCUT2D eigenvalue weighted by Crippen LogP contribution is 2.24. The van der Waals surface area contributed by atoms with Gasteiger partial charge in [-0.3, -0.25) is 19.1 Å². The van der Waals surface area contributed by atoms with Gasteiger partial charge in [0.15, 0.2) is 0 Å². The van der Waals surface area contributed by atoms with Crippen LogP contribution in [0.1, 0.15) is 23.7 Å². The van der Waals surface area contributed by atoms with E-state index in [1.807, 2.05) is 0 Å². The van der Waals surface area contributed by atoms with E-state index < -0.39 is 15.7 Å². The fourth-order valence-corrected chi connectivity index (χ4v) is 2.44. The topological polar surface area (TPSA) is 101 Å². The molecule has 8 heteroatoms. The smallest absolute Gasteiger partial charge is 0.293 e. The number of anilines is 1. The summed E-state index contributed by atoms with van der Waals surface area (Å²) in [7, 11) is 0.670. The molecule has 1 aromatic carbocycles. The summed E-state index contributed by atoms with van der Waals surface area (Å²) in [6, 6.07) is 4.12. The van der Waals surface area contributed by atoms with Crippen molar-refractivity contribution in [2.75, 3.05) is 24.4 Å². The van der Waals surface area contributed by atoms with Gasteiger partial charge in [0, 0.05) is 47.5 Å². The first-order valence-corrected chi connectivity index (χ1v) is 8.15. The van der Waals surface area contributed by atoms with Gasteiger partial charge in [0.2, 0.25) is 0 Å². The van der Waals surface area contributed by atoms with Crippen molar-refractivity contribution in [1.29, 1.82) is 0 Å². The van der Waals surface area contributed by atoms with E-state index in [9.17, 15) is 19.1 Å². The lowest BCUT2D eigenvalue weighted by Crippen LogP contribution is -2.33. The maximum atomic E-state index is 12.0. The van der Waals surface area contributed by atoms with Crippen LogP contribution in [-0.4, -0.2) is 40.1 Å². The van der Waals surface area contributed by atoms with Crippen LogP contribution in [0.4, 0.5) is 11.4 Å². The highest BCUT2D eigenvalue weighted by atomic mass is 32.2. The predicted molar refractivity (Wildman–Crippen MR) is 83.1 cm³/mol. The summed E-state index contributed by atoms with van der Waals surface area (Å²) in [5, 5.41) is 16.4. The Morgan fingerprint density at radius 2 is 2.14 bits per heavy atom. The number of benzene rings is 1. The van der Waals surface area contributed by atoms with Crippen molar-refractivity contribution in [2.24, 2.45) is 0 Å². The third kappa shape index (κ3) is 5.14. The second-order valence-electron chi connectivity index (χ2n) is 4.68. The zero-order valence-electron chi connectivity index (χ0n) is 12.2. The van der Waals surface area contributed by atoms with Gasteiger partial charge in [0.25, 0.3) is 11.6 Å². The van der Waals surface area contributed by atoms with Crippen LogP contribution >= 0.6 is 0 Å². The number of carbonyl (C=O) groups is 1. The zero-order chi connectivity index (χ0) is 16.0. The van der Waals surface area contributed by atoms with E-state index >= 15 is 0 Å². The third-order valence-electron chi connectivity index (χ3n) is 2.94. The monoisotopic (exact) mass is 313 g/mol. The maximum Gasteiger partial charge on any atom is 0.293 e. The molecule has 0 saturated carbocycles. The zero-order valence-corrected chi connectivity index (χ0v) is 13.0. The van der Waals surface area contributed by atoms with E-state index in [0.29, 0.717) is 17.9 Å².